The first-order valence-corrected chi connectivity index (χ1v) is 5.71. The molecular formula is C14H13FN2O2. The van der Waals surface area contributed by atoms with Gasteiger partial charge in [-0.1, -0.05) is 12.1 Å². The summed E-state index contributed by atoms with van der Waals surface area (Å²) in [5.41, 5.74) is 0.847. The molecule has 2 rings (SSSR count). The zero-order chi connectivity index (χ0) is 13.8. The van der Waals surface area contributed by atoms with Crippen LogP contribution >= 0.6 is 0 Å². The van der Waals surface area contributed by atoms with E-state index in [2.05, 4.69) is 4.98 Å². The van der Waals surface area contributed by atoms with Crippen molar-refractivity contribution in [2.24, 2.45) is 0 Å². The lowest BCUT2D eigenvalue weighted by Gasteiger charge is -2.17. The second kappa shape index (κ2) is 5.48. The van der Waals surface area contributed by atoms with Gasteiger partial charge in [0, 0.05) is 19.8 Å². The predicted molar refractivity (Wildman–Crippen MR) is 68.1 cm³/mol. The van der Waals surface area contributed by atoms with Crippen LogP contribution in [-0.2, 0) is 6.54 Å². The number of aromatic nitrogens is 1. The van der Waals surface area contributed by atoms with Gasteiger partial charge in [0.1, 0.15) is 5.75 Å². The number of halogens is 1. The lowest BCUT2D eigenvalue weighted by molar-refractivity contribution is 0.0780. The van der Waals surface area contributed by atoms with Gasteiger partial charge in [0.2, 0.25) is 0 Å². The van der Waals surface area contributed by atoms with Gasteiger partial charge >= 0.3 is 0 Å². The molecule has 0 aliphatic rings. The first-order chi connectivity index (χ1) is 9.08. The lowest BCUT2D eigenvalue weighted by Crippen LogP contribution is -2.27. The molecule has 0 unspecified atom stereocenters. The van der Waals surface area contributed by atoms with Gasteiger partial charge < -0.3 is 10.0 Å². The SMILES string of the molecule is CN(Cc1ccc(O)cc1)C(=O)c1ccncc1F. The molecule has 1 amide bonds. The number of phenols is 1. The van der Waals surface area contributed by atoms with Crippen LogP contribution in [0.25, 0.3) is 0 Å². The molecule has 0 fully saturated rings. The zero-order valence-electron chi connectivity index (χ0n) is 10.4. The fraction of sp³-hybridized carbons (Fsp3) is 0.143. The van der Waals surface area contributed by atoms with E-state index in [-0.39, 0.29) is 11.3 Å². The summed E-state index contributed by atoms with van der Waals surface area (Å²) >= 11 is 0. The average molecular weight is 260 g/mol. The van der Waals surface area contributed by atoms with Crippen molar-refractivity contribution in [3.63, 3.8) is 0 Å². The minimum absolute atomic E-state index is 0.00345. The van der Waals surface area contributed by atoms with Crippen molar-refractivity contribution in [1.29, 1.82) is 0 Å². The number of carbonyl (C=O) groups excluding carboxylic acids is 1. The summed E-state index contributed by atoms with van der Waals surface area (Å²) < 4.78 is 13.4. The van der Waals surface area contributed by atoms with Crippen molar-refractivity contribution in [2.45, 2.75) is 6.54 Å². The van der Waals surface area contributed by atoms with Crippen LogP contribution in [0.4, 0.5) is 4.39 Å². The highest BCUT2D eigenvalue weighted by molar-refractivity contribution is 5.94. The van der Waals surface area contributed by atoms with Crippen molar-refractivity contribution in [1.82, 2.24) is 9.88 Å². The summed E-state index contributed by atoms with van der Waals surface area (Å²) in [5.74, 6) is -0.879. The van der Waals surface area contributed by atoms with Crippen molar-refractivity contribution in [3.05, 3.63) is 59.7 Å². The van der Waals surface area contributed by atoms with Gasteiger partial charge in [0.15, 0.2) is 5.82 Å². The lowest BCUT2D eigenvalue weighted by atomic mass is 10.2. The van der Waals surface area contributed by atoms with Crippen LogP contribution < -0.4 is 0 Å². The largest absolute Gasteiger partial charge is 0.508 e. The van der Waals surface area contributed by atoms with Crippen molar-refractivity contribution < 1.29 is 14.3 Å². The van der Waals surface area contributed by atoms with E-state index in [4.69, 9.17) is 0 Å². The van der Waals surface area contributed by atoms with Crippen LogP contribution in [-0.4, -0.2) is 27.9 Å². The van der Waals surface area contributed by atoms with E-state index in [9.17, 15) is 14.3 Å². The number of pyridine rings is 1. The topological polar surface area (TPSA) is 53.4 Å². The molecule has 0 spiro atoms. The Morgan fingerprint density at radius 1 is 1.32 bits per heavy atom. The van der Waals surface area contributed by atoms with Gasteiger partial charge in [-0.3, -0.25) is 9.78 Å². The van der Waals surface area contributed by atoms with E-state index in [1.807, 2.05) is 0 Å². The van der Waals surface area contributed by atoms with E-state index in [1.54, 1.807) is 31.3 Å². The van der Waals surface area contributed by atoms with Crippen LogP contribution in [0.2, 0.25) is 0 Å². The average Bonchev–Trinajstić information content (AvgIpc) is 2.41. The third-order valence-electron chi connectivity index (χ3n) is 2.71. The Morgan fingerprint density at radius 3 is 2.63 bits per heavy atom. The zero-order valence-corrected chi connectivity index (χ0v) is 10.4. The first-order valence-electron chi connectivity index (χ1n) is 5.71. The molecule has 1 aromatic carbocycles. The maximum Gasteiger partial charge on any atom is 0.256 e. The Hall–Kier alpha value is -2.43. The molecule has 0 saturated carbocycles. The number of hydrogen-bond donors (Lipinski definition) is 1. The Morgan fingerprint density at radius 2 is 2.00 bits per heavy atom. The molecule has 19 heavy (non-hydrogen) atoms. The molecule has 0 saturated heterocycles. The number of aromatic hydroxyl groups is 1. The smallest absolute Gasteiger partial charge is 0.256 e. The van der Waals surface area contributed by atoms with E-state index in [1.165, 1.54) is 17.2 Å². The highest BCUT2D eigenvalue weighted by atomic mass is 19.1. The van der Waals surface area contributed by atoms with E-state index >= 15 is 0 Å². The monoisotopic (exact) mass is 260 g/mol. The van der Waals surface area contributed by atoms with Gasteiger partial charge in [0.05, 0.1) is 11.8 Å². The molecular weight excluding hydrogens is 247 g/mol. The number of benzene rings is 1. The van der Waals surface area contributed by atoms with E-state index in [0.717, 1.165) is 11.8 Å². The first kappa shape index (κ1) is 13.0. The van der Waals surface area contributed by atoms with Gasteiger partial charge in [-0.25, -0.2) is 4.39 Å². The molecule has 98 valence electrons. The van der Waals surface area contributed by atoms with Gasteiger partial charge in [-0.05, 0) is 23.8 Å². The van der Waals surface area contributed by atoms with Crippen LogP contribution in [0.15, 0.2) is 42.7 Å². The van der Waals surface area contributed by atoms with Crippen LogP contribution in [0, 0.1) is 5.82 Å². The number of phenolic OH excluding ortho intramolecular Hbond substituents is 1. The van der Waals surface area contributed by atoms with Crippen LogP contribution in [0.3, 0.4) is 0 Å². The van der Waals surface area contributed by atoms with Gasteiger partial charge in [0.25, 0.3) is 5.91 Å². The molecule has 0 bridgehead atoms. The molecule has 2 aromatic rings. The van der Waals surface area contributed by atoms with E-state index in [0.29, 0.717) is 6.54 Å². The normalized spacial score (nSPS) is 10.2. The number of carbonyl (C=O) groups is 1. The number of amides is 1. The second-order valence-electron chi connectivity index (χ2n) is 4.18. The Bertz CT molecular complexity index is 584. The summed E-state index contributed by atoms with van der Waals surface area (Å²) in [5, 5.41) is 9.18. The molecule has 0 radical (unpaired) electrons. The van der Waals surface area contributed by atoms with Gasteiger partial charge in [-0.2, -0.15) is 0 Å². The molecule has 4 nitrogen and oxygen atoms in total. The Kier molecular flexibility index (Phi) is 3.75. The quantitative estimate of drug-likeness (QED) is 0.920. The number of hydrogen-bond acceptors (Lipinski definition) is 3. The van der Waals surface area contributed by atoms with Crippen LogP contribution in [0.1, 0.15) is 15.9 Å². The molecule has 1 N–H and O–H groups in total. The molecule has 0 aliphatic carbocycles. The number of nitrogens with zero attached hydrogens (tertiary/aromatic N) is 2. The van der Waals surface area contributed by atoms with Crippen molar-refractivity contribution >= 4 is 5.91 Å². The maximum absolute atomic E-state index is 13.4. The predicted octanol–water partition coefficient (Wildman–Crippen LogP) is 2.20. The highest BCUT2D eigenvalue weighted by Crippen LogP contribution is 2.13. The summed E-state index contributed by atoms with van der Waals surface area (Å²) in [7, 11) is 1.59. The van der Waals surface area contributed by atoms with E-state index < -0.39 is 11.7 Å². The summed E-state index contributed by atoms with van der Waals surface area (Å²) in [6.45, 7) is 0.334. The van der Waals surface area contributed by atoms with Crippen molar-refractivity contribution in [3.8, 4) is 5.75 Å². The molecule has 0 aliphatic heterocycles. The standard InChI is InChI=1S/C14H13FN2O2/c1-17(9-10-2-4-11(18)5-3-10)14(19)12-6-7-16-8-13(12)15/h2-8,18H,9H2,1H3. The maximum atomic E-state index is 13.4. The fourth-order valence-electron chi connectivity index (χ4n) is 1.70. The highest BCUT2D eigenvalue weighted by Gasteiger charge is 2.16. The summed E-state index contributed by atoms with van der Waals surface area (Å²) in [6, 6.07) is 7.86. The minimum Gasteiger partial charge on any atom is -0.508 e. The molecule has 5 heteroatoms. The van der Waals surface area contributed by atoms with Gasteiger partial charge in [-0.15, -0.1) is 0 Å². The van der Waals surface area contributed by atoms with Crippen molar-refractivity contribution in [2.75, 3.05) is 7.05 Å². The van der Waals surface area contributed by atoms with Crippen LogP contribution in [0.5, 0.6) is 5.75 Å². The second-order valence-corrected chi connectivity index (χ2v) is 4.18. The Balaban J connectivity index is 2.12. The molecule has 1 heterocycles. The summed E-state index contributed by atoms with van der Waals surface area (Å²) in [4.78, 5) is 17.1. The summed E-state index contributed by atoms with van der Waals surface area (Å²) in [6.07, 6.45) is 2.40. The third kappa shape index (κ3) is 3.07. The fourth-order valence-corrected chi connectivity index (χ4v) is 1.70. The third-order valence-corrected chi connectivity index (χ3v) is 2.71. The molecule has 1 aromatic heterocycles. The molecule has 0 atom stereocenters. The Labute approximate surface area is 110 Å². The minimum atomic E-state index is -0.634. The number of rotatable bonds is 3.